The van der Waals surface area contributed by atoms with Crippen molar-refractivity contribution < 1.29 is 14.3 Å². The summed E-state index contributed by atoms with van der Waals surface area (Å²) in [6.45, 7) is 1.73. The van der Waals surface area contributed by atoms with E-state index < -0.39 is 6.10 Å². The second kappa shape index (κ2) is 6.81. The summed E-state index contributed by atoms with van der Waals surface area (Å²) in [5.41, 5.74) is 2.72. The van der Waals surface area contributed by atoms with Crippen molar-refractivity contribution in [1.82, 2.24) is 9.97 Å². The molecule has 0 spiro atoms. The molecule has 0 radical (unpaired) electrons. The number of nitrogens with one attached hydrogen (secondary N) is 1. The molecule has 1 aliphatic rings. The average molecular weight is 380 g/mol. The van der Waals surface area contributed by atoms with Crippen LogP contribution >= 0.6 is 11.3 Å². The third-order valence-electron chi connectivity index (χ3n) is 4.25. The van der Waals surface area contributed by atoms with Gasteiger partial charge in [-0.3, -0.25) is 19.9 Å². The Morgan fingerprint density at radius 3 is 2.96 bits per heavy atom. The normalized spacial score (nSPS) is 15.9. The van der Waals surface area contributed by atoms with Gasteiger partial charge in [0.25, 0.3) is 11.8 Å². The molecule has 2 aromatic heterocycles. The first kappa shape index (κ1) is 17.2. The minimum Gasteiger partial charge on any atom is -0.479 e. The summed E-state index contributed by atoms with van der Waals surface area (Å²) in [5, 5.41) is 5.12. The predicted octanol–water partition coefficient (Wildman–Crippen LogP) is 3.20. The van der Waals surface area contributed by atoms with Crippen LogP contribution in [0.2, 0.25) is 0 Å². The summed E-state index contributed by atoms with van der Waals surface area (Å²) in [5.74, 6) is 0.304. The molecule has 0 saturated heterocycles. The molecule has 0 fully saturated rings. The van der Waals surface area contributed by atoms with Crippen LogP contribution in [0.5, 0.6) is 5.75 Å². The third kappa shape index (κ3) is 3.26. The summed E-state index contributed by atoms with van der Waals surface area (Å²) in [6, 6.07) is 8.97. The van der Waals surface area contributed by atoms with Gasteiger partial charge in [0.15, 0.2) is 11.2 Å². The van der Waals surface area contributed by atoms with Gasteiger partial charge in [-0.2, -0.15) is 0 Å². The van der Waals surface area contributed by atoms with Gasteiger partial charge in [-0.25, -0.2) is 4.98 Å². The summed E-state index contributed by atoms with van der Waals surface area (Å²) >= 11 is 1.33. The number of fused-ring (bicyclic) bond motifs is 1. The van der Waals surface area contributed by atoms with Crippen molar-refractivity contribution in [2.45, 2.75) is 13.0 Å². The minimum absolute atomic E-state index is 0.0950. The van der Waals surface area contributed by atoms with E-state index in [-0.39, 0.29) is 11.8 Å². The van der Waals surface area contributed by atoms with Crippen LogP contribution in [-0.4, -0.2) is 34.9 Å². The van der Waals surface area contributed by atoms with Gasteiger partial charge >= 0.3 is 0 Å². The maximum absolute atomic E-state index is 12.2. The van der Waals surface area contributed by atoms with E-state index in [1.165, 1.54) is 17.5 Å². The SMILES string of the molecule is C[C@@H]1Oc2ccc(-c3csc(NC(=O)c4cccnc4)n3)cc2N(C)C1=O. The number of anilines is 2. The fraction of sp³-hybridized carbons (Fsp3) is 0.158. The third-order valence-corrected chi connectivity index (χ3v) is 5.00. The van der Waals surface area contributed by atoms with Crippen LogP contribution in [0.25, 0.3) is 11.3 Å². The maximum atomic E-state index is 12.2. The number of carbonyl (C=O) groups is 2. The fourth-order valence-electron chi connectivity index (χ4n) is 2.80. The lowest BCUT2D eigenvalue weighted by molar-refractivity contribution is -0.125. The molecular weight excluding hydrogens is 364 g/mol. The van der Waals surface area contributed by atoms with Crippen LogP contribution in [0.4, 0.5) is 10.8 Å². The Hall–Kier alpha value is -3.26. The zero-order valence-electron chi connectivity index (χ0n) is 14.7. The molecule has 1 N–H and O–H groups in total. The molecule has 1 atom stereocenters. The Kier molecular flexibility index (Phi) is 4.33. The van der Waals surface area contributed by atoms with E-state index in [1.54, 1.807) is 37.2 Å². The van der Waals surface area contributed by atoms with Crippen molar-refractivity contribution in [1.29, 1.82) is 0 Å². The van der Waals surface area contributed by atoms with Gasteiger partial charge in [0.1, 0.15) is 5.75 Å². The van der Waals surface area contributed by atoms with Gasteiger partial charge in [0.05, 0.1) is 16.9 Å². The molecule has 4 rings (SSSR count). The quantitative estimate of drug-likeness (QED) is 0.754. The number of benzene rings is 1. The molecular formula is C19H16N4O3S. The molecule has 2 amide bonds. The largest absolute Gasteiger partial charge is 0.479 e. The molecule has 0 bridgehead atoms. The van der Waals surface area contributed by atoms with Gasteiger partial charge in [0, 0.05) is 30.4 Å². The molecule has 0 saturated carbocycles. The maximum Gasteiger partial charge on any atom is 0.267 e. The lowest BCUT2D eigenvalue weighted by Gasteiger charge is -2.30. The van der Waals surface area contributed by atoms with Gasteiger partial charge in [-0.05, 0) is 37.3 Å². The van der Waals surface area contributed by atoms with Crippen LogP contribution in [-0.2, 0) is 4.79 Å². The molecule has 3 aromatic rings. The minimum atomic E-state index is -0.498. The van der Waals surface area contributed by atoms with Crippen LogP contribution in [0.15, 0.2) is 48.1 Å². The second-order valence-electron chi connectivity index (χ2n) is 6.07. The zero-order valence-corrected chi connectivity index (χ0v) is 15.5. The van der Waals surface area contributed by atoms with Gasteiger partial charge in [-0.15, -0.1) is 11.3 Å². The zero-order chi connectivity index (χ0) is 19.0. The van der Waals surface area contributed by atoms with Crippen molar-refractivity contribution in [2.75, 3.05) is 17.3 Å². The number of thiazole rings is 1. The first-order valence-electron chi connectivity index (χ1n) is 8.28. The van der Waals surface area contributed by atoms with Crippen molar-refractivity contribution >= 4 is 34.0 Å². The Bertz CT molecular complexity index is 1020. The highest BCUT2D eigenvalue weighted by Gasteiger charge is 2.29. The molecule has 8 heteroatoms. The molecule has 136 valence electrons. The Morgan fingerprint density at radius 2 is 2.19 bits per heavy atom. The summed E-state index contributed by atoms with van der Waals surface area (Å²) < 4.78 is 5.64. The Labute approximate surface area is 159 Å². The first-order chi connectivity index (χ1) is 13.0. The molecule has 1 aromatic carbocycles. The van der Waals surface area contributed by atoms with Crippen LogP contribution in [0, 0.1) is 0 Å². The van der Waals surface area contributed by atoms with Crippen molar-refractivity contribution in [3.63, 3.8) is 0 Å². The van der Waals surface area contributed by atoms with E-state index >= 15 is 0 Å². The van der Waals surface area contributed by atoms with Gasteiger partial charge in [-0.1, -0.05) is 0 Å². The highest BCUT2D eigenvalue weighted by molar-refractivity contribution is 7.14. The fourth-order valence-corrected chi connectivity index (χ4v) is 3.52. The van der Waals surface area contributed by atoms with Crippen LogP contribution < -0.4 is 15.0 Å². The van der Waals surface area contributed by atoms with E-state index in [4.69, 9.17) is 4.74 Å². The summed E-state index contributed by atoms with van der Waals surface area (Å²) in [6.07, 6.45) is 2.61. The topological polar surface area (TPSA) is 84.4 Å². The number of hydrogen-bond donors (Lipinski definition) is 1. The number of ether oxygens (including phenoxy) is 1. The van der Waals surface area contributed by atoms with Gasteiger partial charge < -0.3 is 9.64 Å². The number of pyridine rings is 1. The molecule has 0 unspecified atom stereocenters. The number of amides is 2. The Morgan fingerprint density at radius 1 is 1.33 bits per heavy atom. The number of nitrogens with zero attached hydrogens (tertiary/aromatic N) is 3. The van der Waals surface area contributed by atoms with E-state index in [2.05, 4.69) is 15.3 Å². The number of carbonyl (C=O) groups excluding carboxylic acids is 2. The molecule has 3 heterocycles. The van der Waals surface area contributed by atoms with E-state index in [1.807, 2.05) is 23.6 Å². The smallest absolute Gasteiger partial charge is 0.267 e. The monoisotopic (exact) mass is 380 g/mol. The highest BCUT2D eigenvalue weighted by atomic mass is 32.1. The number of likely N-dealkylation sites (N-methyl/N-ethyl adjacent to an activating group) is 1. The van der Waals surface area contributed by atoms with Crippen molar-refractivity contribution in [3.05, 3.63) is 53.7 Å². The molecule has 0 aliphatic carbocycles. The number of hydrogen-bond acceptors (Lipinski definition) is 6. The van der Waals surface area contributed by atoms with E-state index in [9.17, 15) is 9.59 Å². The lowest BCUT2D eigenvalue weighted by atomic mass is 10.1. The van der Waals surface area contributed by atoms with Crippen LogP contribution in [0.1, 0.15) is 17.3 Å². The number of aromatic nitrogens is 2. The summed E-state index contributed by atoms with van der Waals surface area (Å²) in [4.78, 5) is 34.3. The number of rotatable bonds is 3. The van der Waals surface area contributed by atoms with E-state index in [0.717, 1.165) is 5.56 Å². The Balaban J connectivity index is 1.57. The van der Waals surface area contributed by atoms with Crippen molar-refractivity contribution in [2.24, 2.45) is 0 Å². The summed E-state index contributed by atoms with van der Waals surface area (Å²) in [7, 11) is 1.73. The van der Waals surface area contributed by atoms with Crippen molar-refractivity contribution in [3.8, 4) is 17.0 Å². The first-order valence-corrected chi connectivity index (χ1v) is 9.16. The molecule has 1 aliphatic heterocycles. The predicted molar refractivity (Wildman–Crippen MR) is 103 cm³/mol. The lowest BCUT2D eigenvalue weighted by Crippen LogP contribution is -2.41. The van der Waals surface area contributed by atoms with E-state index in [0.29, 0.717) is 27.8 Å². The van der Waals surface area contributed by atoms with Crippen LogP contribution in [0.3, 0.4) is 0 Å². The van der Waals surface area contributed by atoms with Gasteiger partial charge in [0.2, 0.25) is 0 Å². The highest BCUT2D eigenvalue weighted by Crippen LogP contribution is 2.37. The molecule has 27 heavy (non-hydrogen) atoms. The average Bonchev–Trinajstić information content (AvgIpc) is 3.15. The standard InChI is InChI=1S/C19H16N4O3S/c1-11-18(25)23(2)15-8-12(5-6-16(15)26-11)14-10-27-19(21-14)22-17(24)13-4-3-7-20-9-13/h3-11H,1-2H3,(H,21,22,24)/t11-/m0/s1. The molecule has 7 nitrogen and oxygen atoms in total. The second-order valence-corrected chi connectivity index (χ2v) is 6.93.